The van der Waals surface area contributed by atoms with Crippen LogP contribution in [0.15, 0.2) is 18.2 Å². The van der Waals surface area contributed by atoms with E-state index in [0.29, 0.717) is 12.3 Å². The van der Waals surface area contributed by atoms with Crippen LogP contribution in [-0.4, -0.2) is 10.7 Å². The number of rotatable bonds is 3. The average molecular weight is 219 g/mol. The monoisotopic (exact) mass is 219 g/mol. The van der Waals surface area contributed by atoms with Crippen LogP contribution in [0.3, 0.4) is 0 Å². The Hall–Kier alpha value is -1.22. The molecular formula is C12H13NOS. The van der Waals surface area contributed by atoms with Gasteiger partial charge in [-0.05, 0) is 42.1 Å². The lowest BCUT2D eigenvalue weighted by atomic mass is 9.97. The first kappa shape index (κ1) is 10.3. The highest BCUT2D eigenvalue weighted by Crippen LogP contribution is 2.27. The van der Waals surface area contributed by atoms with E-state index in [2.05, 4.69) is 29.5 Å². The van der Waals surface area contributed by atoms with E-state index in [4.69, 9.17) is 0 Å². The molecule has 0 N–H and O–H groups in total. The summed E-state index contributed by atoms with van der Waals surface area (Å²) in [5, 5.41) is 1.22. The van der Waals surface area contributed by atoms with Crippen molar-refractivity contribution in [3.63, 3.8) is 0 Å². The maximum atomic E-state index is 10.5. The third kappa shape index (κ3) is 1.92. The van der Waals surface area contributed by atoms with Crippen LogP contribution in [-0.2, 0) is 4.79 Å². The molecule has 0 amide bonds. The van der Waals surface area contributed by atoms with Crippen molar-refractivity contribution in [1.82, 2.24) is 4.37 Å². The molecule has 0 spiro atoms. The van der Waals surface area contributed by atoms with E-state index in [9.17, 15) is 4.79 Å². The summed E-state index contributed by atoms with van der Waals surface area (Å²) < 4.78 is 5.53. The number of hydrogen-bond donors (Lipinski definition) is 0. The normalized spacial score (nSPS) is 12.9. The number of fused-ring (bicyclic) bond motifs is 1. The maximum absolute atomic E-state index is 10.5. The van der Waals surface area contributed by atoms with Crippen LogP contribution in [0.25, 0.3) is 10.1 Å². The summed E-state index contributed by atoms with van der Waals surface area (Å²) in [6, 6.07) is 6.34. The zero-order chi connectivity index (χ0) is 10.8. The summed E-state index contributed by atoms with van der Waals surface area (Å²) in [5.74, 6) is 0.297. The molecule has 3 heteroatoms. The van der Waals surface area contributed by atoms with E-state index >= 15 is 0 Å². The molecule has 1 atom stereocenters. The summed E-state index contributed by atoms with van der Waals surface area (Å²) >= 11 is 1.53. The molecule has 1 heterocycles. The molecule has 0 radical (unpaired) electrons. The minimum Gasteiger partial charge on any atom is -0.303 e. The molecule has 2 aromatic rings. The van der Waals surface area contributed by atoms with Crippen molar-refractivity contribution in [2.24, 2.45) is 0 Å². The van der Waals surface area contributed by atoms with Gasteiger partial charge in [-0.15, -0.1) is 0 Å². The predicted molar refractivity (Wildman–Crippen MR) is 63.5 cm³/mol. The number of carbonyl (C=O) groups excluding carboxylic acids is 1. The topological polar surface area (TPSA) is 30.0 Å². The number of aldehydes is 1. The molecule has 0 aliphatic rings. The first-order chi connectivity index (χ1) is 7.22. The van der Waals surface area contributed by atoms with Gasteiger partial charge in [-0.3, -0.25) is 0 Å². The largest absolute Gasteiger partial charge is 0.303 e. The van der Waals surface area contributed by atoms with Crippen LogP contribution in [0.2, 0.25) is 0 Å². The van der Waals surface area contributed by atoms with E-state index in [1.165, 1.54) is 27.2 Å². The Kier molecular flexibility index (Phi) is 2.82. The van der Waals surface area contributed by atoms with Gasteiger partial charge >= 0.3 is 0 Å². The predicted octanol–water partition coefficient (Wildman–Crippen LogP) is 3.30. The molecule has 2 rings (SSSR count). The van der Waals surface area contributed by atoms with Gasteiger partial charge in [0.1, 0.15) is 6.29 Å². The number of nitrogens with zero attached hydrogens (tertiary/aromatic N) is 1. The van der Waals surface area contributed by atoms with Crippen molar-refractivity contribution >= 4 is 27.9 Å². The second-order valence-electron chi connectivity index (χ2n) is 3.83. The van der Waals surface area contributed by atoms with Crippen LogP contribution in [0.1, 0.15) is 30.5 Å². The van der Waals surface area contributed by atoms with E-state index in [0.717, 1.165) is 12.0 Å². The zero-order valence-corrected chi connectivity index (χ0v) is 9.67. The molecule has 1 aromatic carbocycles. The number of carbonyl (C=O) groups is 1. The van der Waals surface area contributed by atoms with E-state index in [-0.39, 0.29) is 0 Å². The highest BCUT2D eigenvalue weighted by molar-refractivity contribution is 7.13. The second kappa shape index (κ2) is 4.11. The summed E-state index contributed by atoms with van der Waals surface area (Å²) in [6.45, 7) is 4.09. The van der Waals surface area contributed by atoms with Gasteiger partial charge in [-0.25, -0.2) is 0 Å². The zero-order valence-electron chi connectivity index (χ0n) is 8.86. The van der Waals surface area contributed by atoms with Gasteiger partial charge in [-0.1, -0.05) is 13.0 Å². The fourth-order valence-corrected chi connectivity index (χ4v) is 2.43. The lowest BCUT2D eigenvalue weighted by Crippen LogP contribution is -1.93. The van der Waals surface area contributed by atoms with Gasteiger partial charge in [0.05, 0.1) is 10.4 Å². The van der Waals surface area contributed by atoms with Gasteiger partial charge in [0, 0.05) is 11.8 Å². The molecule has 0 saturated heterocycles. The minimum atomic E-state index is 0.297. The Morgan fingerprint density at radius 3 is 3.07 bits per heavy atom. The van der Waals surface area contributed by atoms with Gasteiger partial charge in [0.25, 0.3) is 0 Å². The molecular weight excluding hydrogens is 206 g/mol. The van der Waals surface area contributed by atoms with E-state index < -0.39 is 0 Å². The summed E-state index contributed by atoms with van der Waals surface area (Å²) in [7, 11) is 0. The molecule has 0 saturated carbocycles. The van der Waals surface area contributed by atoms with Crippen LogP contribution < -0.4 is 0 Å². The summed E-state index contributed by atoms with van der Waals surface area (Å²) in [5.41, 5.74) is 2.30. The fourth-order valence-electron chi connectivity index (χ4n) is 1.66. The molecule has 2 nitrogen and oxygen atoms in total. The number of hydrogen-bond acceptors (Lipinski definition) is 3. The average Bonchev–Trinajstić information content (AvgIpc) is 2.60. The van der Waals surface area contributed by atoms with Crippen molar-refractivity contribution in [1.29, 1.82) is 0 Å². The quantitative estimate of drug-likeness (QED) is 0.741. The molecule has 0 fully saturated rings. The summed E-state index contributed by atoms with van der Waals surface area (Å²) in [6.07, 6.45) is 1.57. The second-order valence-corrected chi connectivity index (χ2v) is 4.63. The van der Waals surface area contributed by atoms with Crippen molar-refractivity contribution in [3.05, 3.63) is 29.5 Å². The number of aromatic nitrogens is 1. The fraction of sp³-hybridized carbons (Fsp3) is 0.333. The van der Waals surface area contributed by atoms with Gasteiger partial charge in [0.2, 0.25) is 0 Å². The molecule has 0 aliphatic carbocycles. The van der Waals surface area contributed by atoms with Gasteiger partial charge in [-0.2, -0.15) is 4.37 Å². The van der Waals surface area contributed by atoms with E-state index in [1.54, 1.807) is 0 Å². The smallest absolute Gasteiger partial charge is 0.120 e. The Morgan fingerprint density at radius 2 is 2.33 bits per heavy atom. The van der Waals surface area contributed by atoms with Gasteiger partial charge in [0.15, 0.2) is 0 Å². The van der Waals surface area contributed by atoms with Crippen molar-refractivity contribution < 1.29 is 4.79 Å². The Bertz CT molecular complexity index is 489. The maximum Gasteiger partial charge on any atom is 0.120 e. The third-order valence-corrected chi connectivity index (χ3v) is 3.61. The Balaban J connectivity index is 2.45. The van der Waals surface area contributed by atoms with Crippen LogP contribution in [0, 0.1) is 6.92 Å². The molecule has 78 valence electrons. The Labute approximate surface area is 93.1 Å². The van der Waals surface area contributed by atoms with Crippen LogP contribution in [0.5, 0.6) is 0 Å². The van der Waals surface area contributed by atoms with Crippen LogP contribution >= 0.6 is 11.5 Å². The third-order valence-electron chi connectivity index (χ3n) is 2.69. The first-order valence-corrected chi connectivity index (χ1v) is 5.79. The molecule has 0 aliphatic heterocycles. The lowest BCUT2D eigenvalue weighted by Gasteiger charge is -2.07. The van der Waals surface area contributed by atoms with Crippen molar-refractivity contribution in [3.8, 4) is 0 Å². The van der Waals surface area contributed by atoms with Gasteiger partial charge < -0.3 is 4.79 Å². The van der Waals surface area contributed by atoms with Crippen molar-refractivity contribution in [2.75, 3.05) is 0 Å². The first-order valence-electron chi connectivity index (χ1n) is 5.02. The SMILES string of the molecule is Cc1nsc2ccc(C(C)CC=O)cc12. The number of benzene rings is 1. The minimum absolute atomic E-state index is 0.297. The van der Waals surface area contributed by atoms with Crippen molar-refractivity contribution in [2.45, 2.75) is 26.2 Å². The Morgan fingerprint density at radius 1 is 1.53 bits per heavy atom. The van der Waals surface area contributed by atoms with Crippen LogP contribution in [0.4, 0.5) is 0 Å². The van der Waals surface area contributed by atoms with E-state index in [1.807, 2.05) is 6.92 Å². The molecule has 0 bridgehead atoms. The highest BCUT2D eigenvalue weighted by atomic mass is 32.1. The standard InChI is InChI=1S/C12H13NOS/c1-8(5-6-14)10-3-4-12-11(7-10)9(2)13-15-12/h3-4,6-8H,5H2,1-2H3. The lowest BCUT2D eigenvalue weighted by molar-refractivity contribution is -0.108. The summed E-state index contributed by atoms with van der Waals surface area (Å²) in [4.78, 5) is 10.5. The molecule has 1 unspecified atom stereocenters. The number of aryl methyl sites for hydroxylation is 1. The molecule has 15 heavy (non-hydrogen) atoms. The highest BCUT2D eigenvalue weighted by Gasteiger charge is 2.08. The molecule has 1 aromatic heterocycles.